The van der Waals surface area contributed by atoms with Gasteiger partial charge in [0, 0.05) is 11.1 Å². The topological polar surface area (TPSA) is 38.0 Å². The summed E-state index contributed by atoms with van der Waals surface area (Å²) in [7, 11) is 0. The van der Waals surface area contributed by atoms with Crippen molar-refractivity contribution in [2.24, 2.45) is 11.8 Å². The molecule has 1 rings (SSSR count). The van der Waals surface area contributed by atoms with E-state index in [2.05, 4.69) is 19.3 Å². The van der Waals surface area contributed by atoms with Crippen molar-refractivity contribution in [2.75, 3.05) is 0 Å². The maximum Gasteiger partial charge on any atom is 0.123 e. The van der Waals surface area contributed by atoms with Crippen molar-refractivity contribution < 1.29 is 4.39 Å². The fraction of sp³-hybridized carbons (Fsp3) is 0.538. The fourth-order valence-electron chi connectivity index (χ4n) is 2.02. The molecular formula is C13H20ClFN2. The maximum absolute atomic E-state index is 13.1. The van der Waals surface area contributed by atoms with Gasteiger partial charge in [-0.05, 0) is 42.5 Å². The van der Waals surface area contributed by atoms with Gasteiger partial charge in [0.25, 0.3) is 0 Å². The summed E-state index contributed by atoms with van der Waals surface area (Å²) < 4.78 is 13.1. The Morgan fingerprint density at radius 1 is 1.47 bits per heavy atom. The Balaban J connectivity index is 2.76. The zero-order valence-corrected chi connectivity index (χ0v) is 11.1. The zero-order valence-electron chi connectivity index (χ0n) is 10.3. The molecule has 0 heterocycles. The molecule has 2 unspecified atom stereocenters. The number of hydrazine groups is 1. The van der Waals surface area contributed by atoms with Crippen molar-refractivity contribution >= 4 is 11.6 Å². The first-order valence-corrected chi connectivity index (χ1v) is 6.36. The van der Waals surface area contributed by atoms with Gasteiger partial charge in [0.05, 0.1) is 0 Å². The first-order chi connectivity index (χ1) is 8.08. The molecule has 0 saturated carbocycles. The van der Waals surface area contributed by atoms with Gasteiger partial charge in [-0.25, -0.2) is 4.39 Å². The Hall–Kier alpha value is -0.640. The molecule has 0 fully saturated rings. The van der Waals surface area contributed by atoms with Crippen molar-refractivity contribution in [3.8, 4) is 0 Å². The molecule has 0 spiro atoms. The standard InChI is InChI=1S/C13H20ClFN2/c1-3-4-9(2)13(17-16)8-10-7-11(15)5-6-12(10)14/h5-7,9,13,17H,3-4,8,16H2,1-2H3. The number of nitrogens with two attached hydrogens (primary N) is 1. The molecule has 4 heteroatoms. The Morgan fingerprint density at radius 2 is 2.18 bits per heavy atom. The van der Waals surface area contributed by atoms with Gasteiger partial charge in [0.1, 0.15) is 5.82 Å². The van der Waals surface area contributed by atoms with Gasteiger partial charge in [0.15, 0.2) is 0 Å². The van der Waals surface area contributed by atoms with E-state index in [-0.39, 0.29) is 11.9 Å². The summed E-state index contributed by atoms with van der Waals surface area (Å²) in [5.74, 6) is 5.73. The third-order valence-electron chi connectivity index (χ3n) is 3.09. The van der Waals surface area contributed by atoms with E-state index in [0.29, 0.717) is 17.4 Å². The van der Waals surface area contributed by atoms with Crippen LogP contribution >= 0.6 is 11.6 Å². The molecular weight excluding hydrogens is 239 g/mol. The Bertz CT molecular complexity index is 357. The molecule has 0 aromatic heterocycles. The van der Waals surface area contributed by atoms with Gasteiger partial charge in [-0.15, -0.1) is 0 Å². The predicted octanol–water partition coefficient (Wildman–Crippen LogP) is 3.29. The lowest BCUT2D eigenvalue weighted by atomic mass is 9.92. The number of hydrogen-bond acceptors (Lipinski definition) is 2. The first-order valence-electron chi connectivity index (χ1n) is 5.98. The van der Waals surface area contributed by atoms with E-state index >= 15 is 0 Å². The lowest BCUT2D eigenvalue weighted by Crippen LogP contribution is -2.41. The summed E-state index contributed by atoms with van der Waals surface area (Å²) in [5.41, 5.74) is 3.60. The molecule has 2 nitrogen and oxygen atoms in total. The van der Waals surface area contributed by atoms with E-state index in [4.69, 9.17) is 17.4 Å². The van der Waals surface area contributed by atoms with Crippen LogP contribution in [-0.2, 0) is 6.42 Å². The van der Waals surface area contributed by atoms with E-state index in [1.165, 1.54) is 12.1 Å². The lowest BCUT2D eigenvalue weighted by molar-refractivity contribution is 0.356. The van der Waals surface area contributed by atoms with Crippen LogP contribution in [0.1, 0.15) is 32.3 Å². The van der Waals surface area contributed by atoms with Crippen LogP contribution in [0.2, 0.25) is 5.02 Å². The second-order valence-electron chi connectivity index (χ2n) is 4.48. The molecule has 0 amide bonds. The minimum absolute atomic E-state index is 0.120. The van der Waals surface area contributed by atoms with Crippen molar-refractivity contribution in [1.82, 2.24) is 5.43 Å². The SMILES string of the molecule is CCCC(C)C(Cc1cc(F)ccc1Cl)NN. The summed E-state index contributed by atoms with van der Waals surface area (Å²) in [4.78, 5) is 0. The summed E-state index contributed by atoms with van der Waals surface area (Å²) >= 11 is 6.04. The molecule has 0 saturated heterocycles. The van der Waals surface area contributed by atoms with E-state index in [0.717, 1.165) is 18.4 Å². The molecule has 3 N–H and O–H groups in total. The van der Waals surface area contributed by atoms with Crippen molar-refractivity contribution in [1.29, 1.82) is 0 Å². The molecule has 2 atom stereocenters. The van der Waals surface area contributed by atoms with Crippen LogP contribution in [0.3, 0.4) is 0 Å². The average molecular weight is 259 g/mol. The number of rotatable bonds is 6. The lowest BCUT2D eigenvalue weighted by Gasteiger charge is -2.23. The minimum Gasteiger partial charge on any atom is -0.271 e. The third kappa shape index (κ3) is 4.26. The molecule has 17 heavy (non-hydrogen) atoms. The quantitative estimate of drug-likeness (QED) is 0.607. The summed E-state index contributed by atoms with van der Waals surface area (Å²) in [6.45, 7) is 4.28. The highest BCUT2D eigenvalue weighted by atomic mass is 35.5. The summed E-state index contributed by atoms with van der Waals surface area (Å²) in [5, 5.41) is 0.593. The largest absolute Gasteiger partial charge is 0.271 e. The average Bonchev–Trinajstić information content (AvgIpc) is 2.30. The molecule has 0 aliphatic carbocycles. The molecule has 1 aromatic rings. The van der Waals surface area contributed by atoms with Gasteiger partial charge in [-0.1, -0.05) is 31.9 Å². The fourth-order valence-corrected chi connectivity index (χ4v) is 2.21. The monoisotopic (exact) mass is 258 g/mol. The van der Waals surface area contributed by atoms with E-state index in [1.807, 2.05) is 0 Å². The van der Waals surface area contributed by atoms with E-state index in [1.54, 1.807) is 6.07 Å². The molecule has 0 aliphatic rings. The number of halogens is 2. The molecule has 1 aromatic carbocycles. The first kappa shape index (κ1) is 14.4. The van der Waals surface area contributed by atoms with Gasteiger partial charge in [-0.3, -0.25) is 11.3 Å². The molecule has 0 radical (unpaired) electrons. The van der Waals surface area contributed by atoms with Gasteiger partial charge in [-0.2, -0.15) is 0 Å². The predicted molar refractivity (Wildman–Crippen MR) is 70.3 cm³/mol. The highest BCUT2D eigenvalue weighted by Crippen LogP contribution is 2.21. The van der Waals surface area contributed by atoms with Crippen LogP contribution in [0.15, 0.2) is 18.2 Å². The van der Waals surface area contributed by atoms with Crippen LogP contribution < -0.4 is 11.3 Å². The normalized spacial score (nSPS) is 14.6. The van der Waals surface area contributed by atoms with Crippen LogP contribution in [0.5, 0.6) is 0 Å². The van der Waals surface area contributed by atoms with Crippen LogP contribution in [-0.4, -0.2) is 6.04 Å². The Morgan fingerprint density at radius 3 is 2.76 bits per heavy atom. The van der Waals surface area contributed by atoms with Crippen molar-refractivity contribution in [3.63, 3.8) is 0 Å². The highest BCUT2D eigenvalue weighted by Gasteiger charge is 2.17. The third-order valence-corrected chi connectivity index (χ3v) is 3.46. The summed E-state index contributed by atoms with van der Waals surface area (Å²) in [6, 6.07) is 4.55. The van der Waals surface area contributed by atoms with Gasteiger partial charge < -0.3 is 0 Å². The second-order valence-corrected chi connectivity index (χ2v) is 4.89. The van der Waals surface area contributed by atoms with E-state index in [9.17, 15) is 4.39 Å². The number of hydrogen-bond donors (Lipinski definition) is 2. The van der Waals surface area contributed by atoms with E-state index < -0.39 is 0 Å². The highest BCUT2D eigenvalue weighted by molar-refractivity contribution is 6.31. The zero-order chi connectivity index (χ0) is 12.8. The van der Waals surface area contributed by atoms with Gasteiger partial charge in [0.2, 0.25) is 0 Å². The molecule has 0 bridgehead atoms. The van der Waals surface area contributed by atoms with Crippen LogP contribution in [0.4, 0.5) is 4.39 Å². The molecule has 0 aliphatic heterocycles. The van der Waals surface area contributed by atoms with Crippen LogP contribution in [0, 0.1) is 11.7 Å². The number of benzene rings is 1. The second kappa shape index (κ2) is 6.94. The Kier molecular flexibility index (Phi) is 5.89. The molecule has 96 valence electrons. The Labute approximate surface area is 107 Å². The van der Waals surface area contributed by atoms with Crippen LogP contribution in [0.25, 0.3) is 0 Å². The van der Waals surface area contributed by atoms with Crippen molar-refractivity contribution in [3.05, 3.63) is 34.6 Å². The smallest absolute Gasteiger partial charge is 0.123 e. The van der Waals surface area contributed by atoms with Gasteiger partial charge >= 0.3 is 0 Å². The number of nitrogens with one attached hydrogen (secondary N) is 1. The minimum atomic E-state index is -0.261. The van der Waals surface area contributed by atoms with Crippen molar-refractivity contribution in [2.45, 2.75) is 39.2 Å². The maximum atomic E-state index is 13.1. The summed E-state index contributed by atoms with van der Waals surface area (Å²) in [6.07, 6.45) is 2.84.